The second-order valence-corrected chi connectivity index (χ2v) is 11.8. The van der Waals surface area contributed by atoms with E-state index in [1.54, 1.807) is 24.3 Å². The number of fused-ring (bicyclic) bond motifs is 1. The predicted molar refractivity (Wildman–Crippen MR) is 154 cm³/mol. The molecule has 9 heteroatoms. The second kappa shape index (κ2) is 11.6. The number of hydrogen-bond acceptors (Lipinski definition) is 7. The van der Waals surface area contributed by atoms with Gasteiger partial charge in [-0.2, -0.15) is 0 Å². The minimum absolute atomic E-state index is 0.0234. The van der Waals surface area contributed by atoms with Crippen molar-refractivity contribution in [2.24, 2.45) is 5.92 Å². The second-order valence-electron chi connectivity index (χ2n) is 11.4. The highest BCUT2D eigenvalue weighted by molar-refractivity contribution is 6.31. The summed E-state index contributed by atoms with van der Waals surface area (Å²) in [5.41, 5.74) is 1.33. The molecule has 1 fully saturated rings. The van der Waals surface area contributed by atoms with E-state index in [9.17, 15) is 14.3 Å². The van der Waals surface area contributed by atoms with Crippen molar-refractivity contribution < 1.29 is 33.6 Å². The largest absolute Gasteiger partial charge is 0.493 e. The Balaban J connectivity index is 1.50. The van der Waals surface area contributed by atoms with E-state index < -0.39 is 11.4 Å². The maximum absolute atomic E-state index is 14.0. The summed E-state index contributed by atoms with van der Waals surface area (Å²) in [5, 5.41) is 21.2. The van der Waals surface area contributed by atoms with Gasteiger partial charge in [0.25, 0.3) is 0 Å². The number of carbonyl (C=O) groups excluding carboxylic acids is 1. The number of ether oxygens (including phenoxy) is 3. The molecular formula is C32H35ClFNO6. The van der Waals surface area contributed by atoms with Crippen LogP contribution in [0.2, 0.25) is 5.02 Å². The van der Waals surface area contributed by atoms with Crippen LogP contribution in [0.25, 0.3) is 11.3 Å². The van der Waals surface area contributed by atoms with Crippen LogP contribution in [-0.2, 0) is 11.0 Å². The Labute approximate surface area is 244 Å². The fraction of sp³-hybridized carbons (Fsp3) is 0.438. The minimum atomic E-state index is -1.34. The number of hydrogen-bond donors (Lipinski definition) is 2. The Morgan fingerprint density at radius 3 is 2.66 bits per heavy atom. The highest BCUT2D eigenvalue weighted by Gasteiger charge is 2.47. The number of rotatable bonds is 11. The third kappa shape index (κ3) is 5.92. The fourth-order valence-corrected chi connectivity index (χ4v) is 5.63. The molecule has 1 aromatic heterocycles. The summed E-state index contributed by atoms with van der Waals surface area (Å²) in [6.45, 7) is 4.73. The number of Topliss-reactive ketones (excluding diaryl/α,β-unsaturated/α-hetero) is 1. The molecule has 218 valence electrons. The Morgan fingerprint density at radius 2 is 1.98 bits per heavy atom. The van der Waals surface area contributed by atoms with Crippen LogP contribution >= 0.6 is 11.6 Å². The van der Waals surface area contributed by atoms with Crippen molar-refractivity contribution in [3.8, 4) is 28.5 Å². The van der Waals surface area contributed by atoms with Crippen LogP contribution in [0.4, 0.5) is 4.39 Å². The van der Waals surface area contributed by atoms with E-state index in [1.165, 1.54) is 19.2 Å². The van der Waals surface area contributed by atoms with Crippen LogP contribution < -0.4 is 14.2 Å². The minimum Gasteiger partial charge on any atom is -0.493 e. The normalized spacial score (nSPS) is 17.2. The molecule has 0 bridgehead atoms. The van der Waals surface area contributed by atoms with E-state index in [4.69, 9.17) is 35.9 Å². The summed E-state index contributed by atoms with van der Waals surface area (Å²) in [6, 6.07) is 11.3. The van der Waals surface area contributed by atoms with E-state index in [1.807, 2.05) is 6.07 Å². The lowest BCUT2D eigenvalue weighted by Crippen LogP contribution is -2.33. The number of halogens is 2. The maximum Gasteiger partial charge on any atom is 0.163 e. The topological polar surface area (TPSA) is 98.1 Å². The molecule has 0 amide bonds. The predicted octanol–water partition coefficient (Wildman–Crippen LogP) is 6.24. The molecule has 1 unspecified atom stereocenters. The van der Waals surface area contributed by atoms with Crippen LogP contribution in [0, 0.1) is 11.7 Å². The summed E-state index contributed by atoms with van der Waals surface area (Å²) in [6.07, 6.45) is 2.70. The molecule has 2 aromatic carbocycles. The number of aromatic nitrogens is 1. The van der Waals surface area contributed by atoms with Crippen molar-refractivity contribution in [2.75, 3.05) is 26.9 Å². The lowest BCUT2D eigenvalue weighted by Gasteiger charge is -2.36. The molecule has 2 heterocycles. The van der Waals surface area contributed by atoms with E-state index >= 15 is 0 Å². The Kier molecular flexibility index (Phi) is 8.28. The lowest BCUT2D eigenvalue weighted by atomic mass is 9.77. The first-order valence-electron chi connectivity index (χ1n) is 13.9. The van der Waals surface area contributed by atoms with Crippen molar-refractivity contribution in [1.82, 2.24) is 4.98 Å². The molecule has 2 N–H and O–H groups in total. The Bertz CT molecular complexity index is 1460. The summed E-state index contributed by atoms with van der Waals surface area (Å²) in [5.74, 6) is 0.717. The summed E-state index contributed by atoms with van der Waals surface area (Å²) in [7, 11) is 1.49. The van der Waals surface area contributed by atoms with E-state index in [0.717, 1.165) is 24.8 Å². The van der Waals surface area contributed by atoms with Gasteiger partial charge in [0.15, 0.2) is 17.3 Å². The molecule has 2 aliphatic rings. The highest BCUT2D eigenvalue weighted by atomic mass is 35.5. The van der Waals surface area contributed by atoms with Crippen LogP contribution in [0.3, 0.4) is 0 Å². The van der Waals surface area contributed by atoms with Gasteiger partial charge >= 0.3 is 0 Å². The number of benzene rings is 2. The van der Waals surface area contributed by atoms with Crippen LogP contribution in [-0.4, -0.2) is 47.9 Å². The Morgan fingerprint density at radius 1 is 1.20 bits per heavy atom. The van der Waals surface area contributed by atoms with Crippen LogP contribution in [0.15, 0.2) is 42.5 Å². The number of aliphatic hydroxyl groups excluding tert-OH is 1. The van der Waals surface area contributed by atoms with Gasteiger partial charge in [0.2, 0.25) is 0 Å². The number of pyridine rings is 1. The van der Waals surface area contributed by atoms with Crippen LogP contribution in [0.5, 0.6) is 17.2 Å². The van der Waals surface area contributed by atoms with Crippen molar-refractivity contribution in [2.45, 2.75) is 57.0 Å². The number of carbonyl (C=O) groups is 1. The van der Waals surface area contributed by atoms with Gasteiger partial charge in [0, 0.05) is 23.1 Å². The molecule has 41 heavy (non-hydrogen) atoms. The molecule has 1 saturated carbocycles. The molecule has 7 nitrogen and oxygen atoms in total. The molecule has 0 spiro atoms. The molecule has 1 aliphatic heterocycles. The standard InChI is InChI=1S/C32H35ClFNO6/c1-31(2)12-14-41-30-22(31)18-28(35-29(30)20-4-8-24(34)23(33)16-20)32(38,21-6-7-21)11-10-25(37)19-5-9-26(40-15-13-36)27(17-19)39-3/h4-5,8-9,16-18,21,36,38H,6-7,10-15H2,1-3H3. The molecule has 0 radical (unpaired) electrons. The van der Waals surface area contributed by atoms with Crippen molar-refractivity contribution in [3.05, 3.63) is 70.1 Å². The first-order valence-corrected chi connectivity index (χ1v) is 14.3. The van der Waals surface area contributed by atoms with Gasteiger partial charge in [0.1, 0.15) is 29.5 Å². The van der Waals surface area contributed by atoms with Crippen molar-refractivity contribution >= 4 is 17.4 Å². The summed E-state index contributed by atoms with van der Waals surface area (Å²) >= 11 is 6.13. The number of ketones is 1. The van der Waals surface area contributed by atoms with Gasteiger partial charge in [0.05, 0.1) is 31.0 Å². The van der Waals surface area contributed by atoms with Gasteiger partial charge < -0.3 is 24.4 Å². The molecule has 5 rings (SSSR count). The van der Waals surface area contributed by atoms with E-state index in [0.29, 0.717) is 46.4 Å². The lowest BCUT2D eigenvalue weighted by molar-refractivity contribution is -0.00137. The Hall–Kier alpha value is -3.20. The third-order valence-electron chi connectivity index (χ3n) is 8.13. The monoisotopic (exact) mass is 583 g/mol. The van der Waals surface area contributed by atoms with Crippen LogP contribution in [0.1, 0.15) is 67.6 Å². The fourth-order valence-electron chi connectivity index (χ4n) is 5.45. The molecule has 1 aliphatic carbocycles. The highest BCUT2D eigenvalue weighted by Crippen LogP contribution is 2.51. The zero-order chi connectivity index (χ0) is 29.4. The van der Waals surface area contributed by atoms with Gasteiger partial charge in [-0.25, -0.2) is 9.37 Å². The summed E-state index contributed by atoms with van der Waals surface area (Å²) in [4.78, 5) is 18.2. The van der Waals surface area contributed by atoms with Crippen molar-refractivity contribution in [1.29, 1.82) is 0 Å². The molecule has 0 saturated heterocycles. The zero-order valence-corrected chi connectivity index (χ0v) is 24.3. The van der Waals surface area contributed by atoms with E-state index in [-0.39, 0.29) is 48.2 Å². The van der Waals surface area contributed by atoms with Gasteiger partial charge in [-0.3, -0.25) is 4.79 Å². The summed E-state index contributed by atoms with van der Waals surface area (Å²) < 4.78 is 31.0. The van der Waals surface area contributed by atoms with E-state index in [2.05, 4.69) is 13.8 Å². The maximum atomic E-state index is 14.0. The third-order valence-corrected chi connectivity index (χ3v) is 8.42. The quantitative estimate of drug-likeness (QED) is 0.258. The first-order chi connectivity index (χ1) is 19.6. The first kappa shape index (κ1) is 29.3. The van der Waals surface area contributed by atoms with Gasteiger partial charge in [-0.15, -0.1) is 0 Å². The smallest absolute Gasteiger partial charge is 0.163 e. The van der Waals surface area contributed by atoms with Gasteiger partial charge in [-0.1, -0.05) is 25.4 Å². The SMILES string of the molecule is COc1cc(C(=O)CCC(O)(c2cc3c(c(-c4ccc(F)c(Cl)c4)n2)OCCC3(C)C)C2CC2)ccc1OCCO. The number of nitrogens with zero attached hydrogens (tertiary/aromatic N) is 1. The number of aliphatic hydroxyl groups is 2. The molecule has 1 atom stereocenters. The van der Waals surface area contributed by atoms with Crippen molar-refractivity contribution in [3.63, 3.8) is 0 Å². The average Bonchev–Trinajstić information content (AvgIpc) is 3.82. The molecular weight excluding hydrogens is 549 g/mol. The average molecular weight is 584 g/mol. The molecule has 3 aromatic rings. The van der Waals surface area contributed by atoms with Gasteiger partial charge in [-0.05, 0) is 79.5 Å². The number of methoxy groups -OCH3 is 1. The zero-order valence-electron chi connectivity index (χ0n) is 23.5.